The van der Waals surface area contributed by atoms with Gasteiger partial charge in [0, 0.05) is 62.8 Å². The molecule has 1 nitrogen and oxygen atoms in total. The van der Waals surface area contributed by atoms with Gasteiger partial charge in [0.25, 0.3) is 0 Å². The summed E-state index contributed by atoms with van der Waals surface area (Å²) in [5.74, 6) is 3.37. The van der Waals surface area contributed by atoms with Crippen LogP contribution >= 0.6 is 22.7 Å². The highest BCUT2D eigenvalue weighted by Crippen LogP contribution is 2.69. The van der Waals surface area contributed by atoms with Crippen molar-refractivity contribution in [1.29, 1.82) is 0 Å². The third-order valence-electron chi connectivity index (χ3n) is 13.0. The molecule has 3 heteroatoms. The van der Waals surface area contributed by atoms with Crippen molar-refractivity contribution >= 4 is 80.1 Å². The molecule has 5 aliphatic carbocycles. The Kier molecular flexibility index (Phi) is 5.50. The van der Waals surface area contributed by atoms with Gasteiger partial charge in [-0.05, 0) is 133 Å². The molecule has 6 aromatic carbocycles. The molecule has 1 spiro atoms. The van der Waals surface area contributed by atoms with Gasteiger partial charge >= 0.3 is 0 Å². The molecule has 2 heterocycles. The average Bonchev–Trinajstić information content (AvgIpc) is 3.78. The summed E-state index contributed by atoms with van der Waals surface area (Å²) < 4.78 is 5.40. The zero-order chi connectivity index (χ0) is 31.8. The van der Waals surface area contributed by atoms with E-state index in [1.807, 2.05) is 22.7 Å². The van der Waals surface area contributed by atoms with Gasteiger partial charge in [-0.1, -0.05) is 72.8 Å². The average molecular weight is 666 g/mol. The van der Waals surface area contributed by atoms with Crippen LogP contribution in [0.2, 0.25) is 0 Å². The number of nitrogens with zero attached hydrogens (tertiary/aromatic N) is 1. The van der Waals surface area contributed by atoms with Gasteiger partial charge in [-0.15, -0.1) is 22.7 Å². The second-order valence-electron chi connectivity index (χ2n) is 15.3. The standard InChI is InChI=1S/C46H35NS2/c1-4-10-40-34(7-1)35-16-13-32(25-41(35)46(40)29-20-27-19-28(22-29)23-30(46)21-27)47(31-15-18-44-39(24-31)37-9-3-6-12-43(37)48-44)33-14-17-38-36-8-2-5-11-42(36)49-45(38)26-33/h1-18,24-30H,19-23H2. The number of thiophene rings is 2. The maximum absolute atomic E-state index is 2.64. The number of hydrogen-bond donors (Lipinski definition) is 0. The number of benzene rings is 6. The number of rotatable bonds is 3. The van der Waals surface area contributed by atoms with E-state index >= 15 is 0 Å². The van der Waals surface area contributed by atoms with Crippen molar-refractivity contribution in [3.8, 4) is 11.1 Å². The van der Waals surface area contributed by atoms with Crippen LogP contribution in [-0.4, -0.2) is 0 Å². The first kappa shape index (κ1) is 27.4. The summed E-state index contributed by atoms with van der Waals surface area (Å²) in [6.45, 7) is 0. The van der Waals surface area contributed by atoms with Crippen molar-refractivity contribution in [3.05, 3.63) is 139 Å². The quantitative estimate of drug-likeness (QED) is 0.182. The maximum atomic E-state index is 2.64. The van der Waals surface area contributed by atoms with Crippen molar-refractivity contribution in [2.75, 3.05) is 4.90 Å². The lowest BCUT2D eigenvalue weighted by molar-refractivity contribution is -0.0399. The summed E-state index contributed by atoms with van der Waals surface area (Å²) in [4.78, 5) is 2.56. The molecule has 4 fully saturated rings. The highest BCUT2D eigenvalue weighted by molar-refractivity contribution is 7.26. The van der Waals surface area contributed by atoms with Crippen LogP contribution < -0.4 is 4.90 Å². The summed E-state index contributed by atoms with van der Waals surface area (Å²) in [5.41, 5.74) is 10.1. The Morgan fingerprint density at radius 2 is 0.980 bits per heavy atom. The fourth-order valence-electron chi connectivity index (χ4n) is 11.4. The Bertz CT molecular complexity index is 2630. The normalized spacial score (nSPS) is 24.8. The second-order valence-corrected chi connectivity index (χ2v) is 17.5. The van der Waals surface area contributed by atoms with Gasteiger partial charge < -0.3 is 4.90 Å². The molecular formula is C46H35NS2. The molecule has 0 N–H and O–H groups in total. The fraction of sp³-hybridized carbons (Fsp3) is 0.217. The summed E-state index contributed by atoms with van der Waals surface area (Å²) in [7, 11) is 0. The predicted octanol–water partition coefficient (Wildman–Crippen LogP) is 13.6. The van der Waals surface area contributed by atoms with Crippen LogP contribution in [0.4, 0.5) is 17.1 Å². The van der Waals surface area contributed by atoms with Gasteiger partial charge in [0.1, 0.15) is 0 Å². The third kappa shape index (κ3) is 3.65. The van der Waals surface area contributed by atoms with Gasteiger partial charge in [0.15, 0.2) is 0 Å². The lowest BCUT2D eigenvalue weighted by Crippen LogP contribution is -2.55. The summed E-state index contributed by atoms with van der Waals surface area (Å²) in [6.07, 6.45) is 7.09. The maximum Gasteiger partial charge on any atom is 0.0476 e. The first-order valence-corrected chi connectivity index (χ1v) is 19.7. The Morgan fingerprint density at radius 1 is 0.429 bits per heavy atom. The van der Waals surface area contributed by atoms with E-state index in [-0.39, 0.29) is 5.41 Å². The molecular weight excluding hydrogens is 631 g/mol. The van der Waals surface area contributed by atoms with Crippen molar-refractivity contribution < 1.29 is 0 Å². The molecule has 4 bridgehead atoms. The minimum absolute atomic E-state index is 0.143. The highest BCUT2D eigenvalue weighted by Gasteiger charge is 2.61. The minimum atomic E-state index is 0.143. The predicted molar refractivity (Wildman–Crippen MR) is 210 cm³/mol. The summed E-state index contributed by atoms with van der Waals surface area (Å²) in [6, 6.07) is 49.1. The minimum Gasteiger partial charge on any atom is -0.310 e. The van der Waals surface area contributed by atoms with Gasteiger partial charge in [0.05, 0.1) is 0 Å². The molecule has 0 radical (unpaired) electrons. The van der Waals surface area contributed by atoms with E-state index in [1.54, 1.807) is 11.1 Å². The van der Waals surface area contributed by atoms with Crippen LogP contribution in [0.1, 0.15) is 43.2 Å². The van der Waals surface area contributed by atoms with Crippen LogP contribution in [0.3, 0.4) is 0 Å². The van der Waals surface area contributed by atoms with E-state index < -0.39 is 0 Å². The zero-order valence-corrected chi connectivity index (χ0v) is 28.9. The SMILES string of the molecule is c1ccc2c(c1)-c1ccc(N(c3ccc4c(c3)sc3ccccc34)c3ccc4sc5ccccc5c4c3)cc1C21C2CC3CC(C2)CC1C3. The monoisotopic (exact) mass is 665 g/mol. The van der Waals surface area contributed by atoms with Crippen molar-refractivity contribution in [1.82, 2.24) is 0 Å². The Hall–Kier alpha value is -4.44. The van der Waals surface area contributed by atoms with Crippen LogP contribution in [0.25, 0.3) is 51.5 Å². The van der Waals surface area contributed by atoms with Crippen LogP contribution in [-0.2, 0) is 5.41 Å². The van der Waals surface area contributed by atoms with Crippen molar-refractivity contribution in [2.45, 2.75) is 37.5 Å². The largest absolute Gasteiger partial charge is 0.310 e. The van der Waals surface area contributed by atoms with E-state index in [1.165, 1.54) is 101 Å². The molecule has 0 aliphatic heterocycles. The number of fused-ring (bicyclic) bond motifs is 9. The number of hydrogen-bond acceptors (Lipinski definition) is 3. The van der Waals surface area contributed by atoms with Gasteiger partial charge in [0.2, 0.25) is 0 Å². The molecule has 13 rings (SSSR count). The molecule has 49 heavy (non-hydrogen) atoms. The molecule has 8 aromatic rings. The molecule has 4 saturated carbocycles. The second kappa shape index (κ2) is 9.84. The van der Waals surface area contributed by atoms with E-state index in [2.05, 4.69) is 132 Å². The van der Waals surface area contributed by atoms with Crippen molar-refractivity contribution in [3.63, 3.8) is 0 Å². The molecule has 2 aromatic heterocycles. The fourth-order valence-corrected chi connectivity index (χ4v) is 13.7. The third-order valence-corrected chi connectivity index (χ3v) is 15.3. The molecule has 236 valence electrons. The van der Waals surface area contributed by atoms with Gasteiger partial charge in [-0.25, -0.2) is 0 Å². The van der Waals surface area contributed by atoms with E-state index in [9.17, 15) is 0 Å². The summed E-state index contributed by atoms with van der Waals surface area (Å²) >= 11 is 3.81. The van der Waals surface area contributed by atoms with Gasteiger partial charge in [-0.3, -0.25) is 0 Å². The topological polar surface area (TPSA) is 3.24 Å². The van der Waals surface area contributed by atoms with Crippen LogP contribution in [0.15, 0.2) is 127 Å². The van der Waals surface area contributed by atoms with E-state index in [0.29, 0.717) is 0 Å². The number of anilines is 3. The first-order valence-electron chi connectivity index (χ1n) is 18.1. The first-order chi connectivity index (χ1) is 24.2. The summed E-state index contributed by atoms with van der Waals surface area (Å²) in [5, 5.41) is 5.39. The van der Waals surface area contributed by atoms with Crippen molar-refractivity contribution in [2.24, 2.45) is 23.7 Å². The van der Waals surface area contributed by atoms with Crippen LogP contribution in [0.5, 0.6) is 0 Å². The zero-order valence-electron chi connectivity index (χ0n) is 27.2. The molecule has 0 unspecified atom stereocenters. The Morgan fingerprint density at radius 3 is 1.78 bits per heavy atom. The Labute approximate surface area is 294 Å². The van der Waals surface area contributed by atoms with Gasteiger partial charge in [-0.2, -0.15) is 0 Å². The molecule has 0 saturated heterocycles. The smallest absolute Gasteiger partial charge is 0.0476 e. The molecule has 5 aliphatic rings. The highest BCUT2D eigenvalue weighted by atomic mass is 32.1. The lowest BCUT2D eigenvalue weighted by atomic mass is 9.43. The van der Waals surface area contributed by atoms with E-state index in [4.69, 9.17) is 0 Å². The van der Waals surface area contributed by atoms with E-state index in [0.717, 1.165) is 23.7 Å². The Balaban J connectivity index is 1.10. The molecule has 0 amide bonds. The van der Waals surface area contributed by atoms with Crippen LogP contribution in [0, 0.1) is 23.7 Å². The molecule has 0 atom stereocenters. The lowest BCUT2D eigenvalue weighted by Gasteiger charge is -2.61.